The van der Waals surface area contributed by atoms with Crippen molar-refractivity contribution in [3.63, 3.8) is 0 Å². The average molecular weight is 429 g/mol. The average Bonchev–Trinajstić information content (AvgIpc) is 3.31. The summed E-state index contributed by atoms with van der Waals surface area (Å²) < 4.78 is 0. The van der Waals surface area contributed by atoms with Gasteiger partial charge in [-0.05, 0) is 65.5 Å². The van der Waals surface area contributed by atoms with Crippen LogP contribution in [-0.2, 0) is 13.1 Å². The van der Waals surface area contributed by atoms with E-state index >= 15 is 0 Å². The van der Waals surface area contributed by atoms with Crippen LogP contribution >= 0.6 is 11.3 Å². The normalized spacial score (nSPS) is 10.9. The fourth-order valence-electron chi connectivity index (χ4n) is 3.39. The SMILES string of the molecule is CN(Cc1ccc(C(=O)Nc2cc(-c3cccs3)ccc2N)cc1)Cc1cccnc1. The van der Waals surface area contributed by atoms with Gasteiger partial charge in [0.2, 0.25) is 0 Å². The van der Waals surface area contributed by atoms with E-state index in [1.807, 2.05) is 72.2 Å². The molecule has 31 heavy (non-hydrogen) atoms. The number of carbonyl (C=O) groups excluding carboxylic acids is 1. The number of carbonyl (C=O) groups is 1. The van der Waals surface area contributed by atoms with Crippen LogP contribution in [0.25, 0.3) is 10.4 Å². The first-order valence-electron chi connectivity index (χ1n) is 9.99. The van der Waals surface area contributed by atoms with Crippen LogP contribution in [0, 0.1) is 0 Å². The smallest absolute Gasteiger partial charge is 0.255 e. The lowest BCUT2D eigenvalue weighted by Crippen LogP contribution is -2.17. The molecule has 0 saturated carbocycles. The van der Waals surface area contributed by atoms with Crippen molar-refractivity contribution >= 4 is 28.6 Å². The maximum atomic E-state index is 12.8. The van der Waals surface area contributed by atoms with Gasteiger partial charge in [-0.25, -0.2) is 0 Å². The number of anilines is 2. The molecule has 2 aromatic heterocycles. The van der Waals surface area contributed by atoms with Crippen molar-refractivity contribution in [3.8, 4) is 10.4 Å². The molecule has 0 aliphatic heterocycles. The molecule has 0 bridgehead atoms. The van der Waals surface area contributed by atoms with Crippen molar-refractivity contribution in [2.24, 2.45) is 0 Å². The molecular weight excluding hydrogens is 404 g/mol. The number of thiophene rings is 1. The Morgan fingerprint density at radius 3 is 2.55 bits per heavy atom. The first-order valence-corrected chi connectivity index (χ1v) is 10.9. The van der Waals surface area contributed by atoms with Crippen molar-refractivity contribution in [1.82, 2.24) is 9.88 Å². The number of hydrogen-bond donors (Lipinski definition) is 2. The third-order valence-electron chi connectivity index (χ3n) is 4.95. The Morgan fingerprint density at radius 1 is 1.03 bits per heavy atom. The number of nitrogens with zero attached hydrogens (tertiary/aromatic N) is 2. The van der Waals surface area contributed by atoms with Gasteiger partial charge in [0.05, 0.1) is 11.4 Å². The predicted octanol–water partition coefficient (Wildman–Crippen LogP) is 5.28. The second kappa shape index (κ2) is 9.55. The Balaban J connectivity index is 1.40. The van der Waals surface area contributed by atoms with Crippen LogP contribution in [-0.4, -0.2) is 22.8 Å². The number of benzene rings is 2. The molecule has 0 unspecified atom stereocenters. The summed E-state index contributed by atoms with van der Waals surface area (Å²) >= 11 is 1.65. The number of nitrogen functional groups attached to an aromatic ring is 1. The van der Waals surface area contributed by atoms with E-state index in [1.165, 1.54) is 5.56 Å². The van der Waals surface area contributed by atoms with E-state index in [2.05, 4.69) is 28.3 Å². The molecule has 0 atom stereocenters. The Labute approximate surface area is 186 Å². The highest BCUT2D eigenvalue weighted by Crippen LogP contribution is 2.30. The number of hydrogen-bond acceptors (Lipinski definition) is 5. The summed E-state index contributed by atoms with van der Waals surface area (Å²) in [5.41, 5.74) is 11.2. The summed E-state index contributed by atoms with van der Waals surface area (Å²) in [7, 11) is 2.07. The van der Waals surface area contributed by atoms with Crippen molar-refractivity contribution in [2.75, 3.05) is 18.1 Å². The zero-order valence-corrected chi connectivity index (χ0v) is 18.1. The van der Waals surface area contributed by atoms with Gasteiger partial charge in [0.25, 0.3) is 5.91 Å². The molecule has 0 saturated heterocycles. The van der Waals surface area contributed by atoms with Crippen LogP contribution in [0.1, 0.15) is 21.5 Å². The van der Waals surface area contributed by atoms with E-state index in [9.17, 15) is 4.79 Å². The fourth-order valence-corrected chi connectivity index (χ4v) is 4.11. The highest BCUT2D eigenvalue weighted by Gasteiger charge is 2.11. The molecule has 3 N–H and O–H groups in total. The molecule has 2 aromatic carbocycles. The van der Waals surface area contributed by atoms with Gasteiger partial charge in [-0.1, -0.05) is 30.3 Å². The molecule has 6 heteroatoms. The highest BCUT2D eigenvalue weighted by molar-refractivity contribution is 7.13. The van der Waals surface area contributed by atoms with Gasteiger partial charge in [0.1, 0.15) is 0 Å². The molecule has 0 aliphatic carbocycles. The summed E-state index contributed by atoms with van der Waals surface area (Å²) in [5.74, 6) is -0.176. The number of aromatic nitrogens is 1. The standard InChI is InChI=1S/C25H24N4OS/c1-29(17-19-4-2-12-27-15-19)16-18-6-8-20(9-7-18)25(30)28-23-14-21(10-11-22(23)26)24-5-3-13-31-24/h2-15H,16-17,26H2,1H3,(H,28,30). The maximum absolute atomic E-state index is 12.8. The van der Waals surface area contributed by atoms with Crippen molar-refractivity contribution in [1.29, 1.82) is 0 Å². The summed E-state index contributed by atoms with van der Waals surface area (Å²) in [6.45, 7) is 1.60. The summed E-state index contributed by atoms with van der Waals surface area (Å²) in [6.07, 6.45) is 3.66. The number of amides is 1. The van der Waals surface area contributed by atoms with E-state index in [4.69, 9.17) is 5.73 Å². The van der Waals surface area contributed by atoms with E-state index < -0.39 is 0 Å². The lowest BCUT2D eigenvalue weighted by molar-refractivity contribution is 0.102. The quantitative estimate of drug-likeness (QED) is 0.393. The van der Waals surface area contributed by atoms with Gasteiger partial charge in [-0.15, -0.1) is 11.3 Å². The Hall–Kier alpha value is -3.48. The molecule has 0 radical (unpaired) electrons. The molecular formula is C25H24N4OS. The monoisotopic (exact) mass is 428 g/mol. The van der Waals surface area contributed by atoms with Crippen molar-refractivity contribution in [3.05, 3.63) is 101 Å². The molecule has 0 spiro atoms. The molecule has 2 heterocycles. The number of rotatable bonds is 7. The second-order valence-corrected chi connectivity index (χ2v) is 8.41. The molecule has 5 nitrogen and oxygen atoms in total. The van der Waals surface area contributed by atoms with E-state index in [-0.39, 0.29) is 5.91 Å². The third-order valence-corrected chi connectivity index (χ3v) is 5.87. The first kappa shape index (κ1) is 20.8. The van der Waals surface area contributed by atoms with Crippen LogP contribution in [0.2, 0.25) is 0 Å². The van der Waals surface area contributed by atoms with Gasteiger partial charge in [-0.2, -0.15) is 0 Å². The Morgan fingerprint density at radius 2 is 1.84 bits per heavy atom. The van der Waals surface area contributed by atoms with Gasteiger partial charge < -0.3 is 11.1 Å². The minimum atomic E-state index is -0.176. The largest absolute Gasteiger partial charge is 0.397 e. The Bertz CT molecular complexity index is 1140. The van der Waals surface area contributed by atoms with Gasteiger partial charge in [-0.3, -0.25) is 14.7 Å². The zero-order valence-electron chi connectivity index (χ0n) is 17.3. The van der Waals surface area contributed by atoms with Gasteiger partial charge in [0, 0.05) is 35.9 Å². The van der Waals surface area contributed by atoms with Gasteiger partial charge in [0.15, 0.2) is 0 Å². The van der Waals surface area contributed by atoms with Crippen LogP contribution in [0.5, 0.6) is 0 Å². The molecule has 1 amide bonds. The number of nitrogens with one attached hydrogen (secondary N) is 1. The number of nitrogens with two attached hydrogens (primary N) is 1. The summed E-state index contributed by atoms with van der Waals surface area (Å²) in [5, 5.41) is 4.97. The molecule has 0 aliphatic rings. The summed E-state index contributed by atoms with van der Waals surface area (Å²) in [4.78, 5) is 20.3. The first-order chi connectivity index (χ1) is 15.1. The van der Waals surface area contributed by atoms with Crippen LogP contribution < -0.4 is 11.1 Å². The molecule has 4 aromatic rings. The van der Waals surface area contributed by atoms with E-state index in [1.54, 1.807) is 17.5 Å². The minimum Gasteiger partial charge on any atom is -0.397 e. The molecule has 156 valence electrons. The second-order valence-electron chi connectivity index (χ2n) is 7.46. The predicted molar refractivity (Wildman–Crippen MR) is 128 cm³/mol. The van der Waals surface area contributed by atoms with Crippen LogP contribution in [0.15, 0.2) is 84.5 Å². The minimum absolute atomic E-state index is 0.176. The van der Waals surface area contributed by atoms with Crippen molar-refractivity contribution in [2.45, 2.75) is 13.1 Å². The fraction of sp³-hybridized carbons (Fsp3) is 0.120. The summed E-state index contributed by atoms with van der Waals surface area (Å²) in [6, 6.07) is 21.4. The third kappa shape index (κ3) is 5.36. The van der Waals surface area contributed by atoms with Crippen molar-refractivity contribution < 1.29 is 4.79 Å². The lowest BCUT2D eigenvalue weighted by Gasteiger charge is -2.17. The topological polar surface area (TPSA) is 71.2 Å². The number of pyridine rings is 1. The molecule has 4 rings (SSSR count). The van der Waals surface area contributed by atoms with E-state index in [0.29, 0.717) is 16.9 Å². The van der Waals surface area contributed by atoms with Crippen LogP contribution in [0.3, 0.4) is 0 Å². The lowest BCUT2D eigenvalue weighted by atomic mass is 10.1. The Kier molecular flexibility index (Phi) is 6.40. The zero-order chi connectivity index (χ0) is 21.6. The van der Waals surface area contributed by atoms with Gasteiger partial charge >= 0.3 is 0 Å². The highest BCUT2D eigenvalue weighted by atomic mass is 32.1. The van der Waals surface area contributed by atoms with E-state index in [0.717, 1.165) is 29.1 Å². The maximum Gasteiger partial charge on any atom is 0.255 e. The van der Waals surface area contributed by atoms with Crippen LogP contribution in [0.4, 0.5) is 11.4 Å². The molecule has 0 fully saturated rings.